The van der Waals surface area contributed by atoms with E-state index in [0.29, 0.717) is 11.6 Å². The average molecular weight is 246 g/mol. The molecule has 0 radical (unpaired) electrons. The summed E-state index contributed by atoms with van der Waals surface area (Å²) in [5.41, 5.74) is 1.18. The second-order valence-electron chi connectivity index (χ2n) is 3.90. The monoisotopic (exact) mass is 246 g/mol. The third-order valence-electron chi connectivity index (χ3n) is 2.54. The normalized spacial score (nSPS) is 12.1. The lowest BCUT2D eigenvalue weighted by atomic mass is 9.98. The van der Waals surface area contributed by atoms with Gasteiger partial charge in [0.1, 0.15) is 0 Å². The Labute approximate surface area is 105 Å². The first-order valence-electron chi connectivity index (χ1n) is 5.50. The van der Waals surface area contributed by atoms with E-state index in [1.165, 1.54) is 16.9 Å². The molecule has 17 heavy (non-hydrogen) atoms. The first-order chi connectivity index (χ1) is 8.25. The number of anilines is 1. The zero-order valence-corrected chi connectivity index (χ0v) is 10.4. The molecule has 4 heteroatoms. The topological polar surface area (TPSA) is 42.0 Å². The Morgan fingerprint density at radius 3 is 2.82 bits per heavy atom. The zero-order valence-electron chi connectivity index (χ0n) is 9.59. The summed E-state index contributed by atoms with van der Waals surface area (Å²) in [5.74, 6) is 0.229. The molecule has 88 valence electrons. The number of nitrogens with zero attached hydrogens (tertiary/aromatic N) is 1. The molecule has 0 fully saturated rings. The Balaban J connectivity index is 1.91. The molecule has 0 aliphatic heterocycles. The summed E-state index contributed by atoms with van der Waals surface area (Å²) in [4.78, 5) is 15.8. The number of benzene rings is 1. The summed E-state index contributed by atoms with van der Waals surface area (Å²) in [7, 11) is 0. The smallest absolute Gasteiger partial charge is 0.226 e. The molecule has 0 bridgehead atoms. The second-order valence-corrected chi connectivity index (χ2v) is 4.80. The lowest BCUT2D eigenvalue weighted by Crippen LogP contribution is -2.14. The van der Waals surface area contributed by atoms with Crippen molar-refractivity contribution in [1.29, 1.82) is 0 Å². The minimum atomic E-state index is 0.0105. The van der Waals surface area contributed by atoms with Crippen molar-refractivity contribution in [3.63, 3.8) is 0 Å². The molecule has 2 aromatic rings. The number of carbonyl (C=O) groups excluding carboxylic acids is 1. The van der Waals surface area contributed by atoms with E-state index in [0.717, 1.165) is 0 Å². The molecule has 2 rings (SSSR count). The van der Waals surface area contributed by atoms with E-state index in [1.807, 2.05) is 35.7 Å². The van der Waals surface area contributed by atoms with Crippen LogP contribution >= 0.6 is 11.3 Å². The van der Waals surface area contributed by atoms with E-state index < -0.39 is 0 Å². The molecule has 0 aliphatic rings. The summed E-state index contributed by atoms with van der Waals surface area (Å²) in [5, 5.41) is 5.30. The third-order valence-corrected chi connectivity index (χ3v) is 3.23. The molecule has 1 N–H and O–H groups in total. The summed E-state index contributed by atoms with van der Waals surface area (Å²) < 4.78 is 0. The van der Waals surface area contributed by atoms with Gasteiger partial charge in [0.2, 0.25) is 5.91 Å². The van der Waals surface area contributed by atoms with Gasteiger partial charge in [-0.2, -0.15) is 0 Å². The Bertz CT molecular complexity index is 467. The van der Waals surface area contributed by atoms with Gasteiger partial charge in [0.25, 0.3) is 0 Å². The molecule has 1 atom stereocenters. The standard InChI is InChI=1S/C13H14N2OS/c1-10(11-5-3-2-4-6-11)9-12(16)15-13-14-7-8-17-13/h2-8,10H,9H2,1H3,(H,14,15,16)/t10-/m1/s1. The Kier molecular flexibility index (Phi) is 3.88. The molecule has 0 saturated heterocycles. The van der Waals surface area contributed by atoms with Crippen molar-refractivity contribution in [1.82, 2.24) is 4.98 Å². The van der Waals surface area contributed by atoms with Crippen molar-refractivity contribution in [2.75, 3.05) is 5.32 Å². The molecule has 3 nitrogen and oxygen atoms in total. The predicted molar refractivity (Wildman–Crippen MR) is 70.2 cm³/mol. The van der Waals surface area contributed by atoms with Crippen LogP contribution in [-0.4, -0.2) is 10.9 Å². The molecule has 1 aromatic carbocycles. The summed E-state index contributed by atoms with van der Waals surface area (Å²) >= 11 is 1.43. The highest BCUT2D eigenvalue weighted by molar-refractivity contribution is 7.13. The Morgan fingerprint density at radius 2 is 2.18 bits per heavy atom. The fourth-order valence-electron chi connectivity index (χ4n) is 1.63. The number of amides is 1. The van der Waals surface area contributed by atoms with Gasteiger partial charge in [0.05, 0.1) is 0 Å². The van der Waals surface area contributed by atoms with Crippen LogP contribution in [0.4, 0.5) is 5.13 Å². The van der Waals surface area contributed by atoms with Gasteiger partial charge < -0.3 is 5.32 Å². The first-order valence-corrected chi connectivity index (χ1v) is 6.38. The second kappa shape index (κ2) is 5.59. The minimum Gasteiger partial charge on any atom is -0.302 e. The van der Waals surface area contributed by atoms with Crippen LogP contribution in [0.3, 0.4) is 0 Å². The summed E-state index contributed by atoms with van der Waals surface area (Å²) in [6.45, 7) is 2.05. The Morgan fingerprint density at radius 1 is 1.41 bits per heavy atom. The molecule has 1 heterocycles. The number of aromatic nitrogens is 1. The van der Waals surface area contributed by atoms with Crippen molar-refractivity contribution < 1.29 is 4.79 Å². The third kappa shape index (κ3) is 3.39. The SMILES string of the molecule is C[C@H](CC(=O)Nc1nccs1)c1ccccc1. The fourth-order valence-corrected chi connectivity index (χ4v) is 2.18. The maximum atomic E-state index is 11.7. The molecular weight excluding hydrogens is 232 g/mol. The lowest BCUT2D eigenvalue weighted by Gasteiger charge is -2.10. The van der Waals surface area contributed by atoms with Crippen LogP contribution in [-0.2, 0) is 4.79 Å². The molecule has 0 unspecified atom stereocenters. The van der Waals surface area contributed by atoms with Gasteiger partial charge in [0, 0.05) is 18.0 Å². The molecule has 0 saturated carbocycles. The number of hydrogen-bond donors (Lipinski definition) is 1. The predicted octanol–water partition coefficient (Wildman–Crippen LogP) is 3.28. The number of rotatable bonds is 4. The Hall–Kier alpha value is -1.68. The van der Waals surface area contributed by atoms with Crippen LogP contribution in [0.25, 0.3) is 0 Å². The van der Waals surface area contributed by atoms with Gasteiger partial charge in [-0.05, 0) is 11.5 Å². The van der Waals surface area contributed by atoms with E-state index in [1.54, 1.807) is 6.20 Å². The van der Waals surface area contributed by atoms with Crippen LogP contribution in [0.15, 0.2) is 41.9 Å². The molecule has 0 spiro atoms. The maximum absolute atomic E-state index is 11.7. The van der Waals surface area contributed by atoms with Gasteiger partial charge in [-0.15, -0.1) is 11.3 Å². The number of thiazole rings is 1. The van der Waals surface area contributed by atoms with Gasteiger partial charge in [-0.25, -0.2) is 4.98 Å². The number of hydrogen-bond acceptors (Lipinski definition) is 3. The van der Waals surface area contributed by atoms with Crippen LogP contribution in [0.2, 0.25) is 0 Å². The van der Waals surface area contributed by atoms with Crippen molar-refractivity contribution in [2.24, 2.45) is 0 Å². The highest BCUT2D eigenvalue weighted by Crippen LogP contribution is 2.19. The molecule has 1 aromatic heterocycles. The van der Waals surface area contributed by atoms with Crippen molar-refractivity contribution in [2.45, 2.75) is 19.3 Å². The summed E-state index contributed by atoms with van der Waals surface area (Å²) in [6, 6.07) is 10.0. The minimum absolute atomic E-state index is 0.0105. The first kappa shape index (κ1) is 11.8. The van der Waals surface area contributed by atoms with E-state index in [9.17, 15) is 4.79 Å². The highest BCUT2D eigenvalue weighted by atomic mass is 32.1. The van der Waals surface area contributed by atoms with Crippen molar-refractivity contribution in [3.05, 3.63) is 47.5 Å². The largest absolute Gasteiger partial charge is 0.302 e. The van der Waals surface area contributed by atoms with E-state index in [2.05, 4.69) is 17.2 Å². The summed E-state index contributed by atoms with van der Waals surface area (Å²) in [6.07, 6.45) is 2.16. The highest BCUT2D eigenvalue weighted by Gasteiger charge is 2.11. The van der Waals surface area contributed by atoms with Crippen LogP contribution in [0.1, 0.15) is 24.8 Å². The van der Waals surface area contributed by atoms with Gasteiger partial charge in [-0.3, -0.25) is 4.79 Å². The van der Waals surface area contributed by atoms with E-state index in [4.69, 9.17) is 0 Å². The molecule has 1 amide bonds. The van der Waals surface area contributed by atoms with Gasteiger partial charge in [-0.1, -0.05) is 37.3 Å². The average Bonchev–Trinajstić information content (AvgIpc) is 2.82. The van der Waals surface area contributed by atoms with Crippen molar-refractivity contribution in [3.8, 4) is 0 Å². The number of carbonyl (C=O) groups is 1. The maximum Gasteiger partial charge on any atom is 0.226 e. The number of nitrogens with one attached hydrogen (secondary N) is 1. The fraction of sp³-hybridized carbons (Fsp3) is 0.231. The van der Waals surface area contributed by atoms with Crippen molar-refractivity contribution >= 4 is 22.4 Å². The lowest BCUT2D eigenvalue weighted by molar-refractivity contribution is -0.116. The van der Waals surface area contributed by atoms with Gasteiger partial charge in [0.15, 0.2) is 5.13 Å². The van der Waals surface area contributed by atoms with Crippen LogP contribution in [0.5, 0.6) is 0 Å². The zero-order chi connectivity index (χ0) is 12.1. The molecule has 0 aliphatic carbocycles. The van der Waals surface area contributed by atoms with Crippen LogP contribution < -0.4 is 5.32 Å². The van der Waals surface area contributed by atoms with E-state index in [-0.39, 0.29) is 11.8 Å². The molecular formula is C13H14N2OS. The quantitative estimate of drug-likeness (QED) is 0.899. The van der Waals surface area contributed by atoms with E-state index >= 15 is 0 Å². The van der Waals surface area contributed by atoms with Crippen LogP contribution in [0, 0.1) is 0 Å². The van der Waals surface area contributed by atoms with Gasteiger partial charge >= 0.3 is 0 Å².